The van der Waals surface area contributed by atoms with Gasteiger partial charge in [0.05, 0.1) is 18.6 Å². The lowest BCUT2D eigenvalue weighted by atomic mass is 10.3. The zero-order chi connectivity index (χ0) is 10.1. The minimum atomic E-state index is -0.368. The van der Waals surface area contributed by atoms with E-state index in [2.05, 4.69) is 4.98 Å². The monoisotopic (exact) mass is 195 g/mol. The second-order valence-corrected chi connectivity index (χ2v) is 3.58. The van der Waals surface area contributed by atoms with Gasteiger partial charge in [0, 0.05) is 20.1 Å². The molecule has 1 N–H and O–H groups in total. The van der Waals surface area contributed by atoms with Crippen LogP contribution >= 0.6 is 0 Å². The van der Waals surface area contributed by atoms with Crippen molar-refractivity contribution in [3.63, 3.8) is 0 Å². The van der Waals surface area contributed by atoms with Crippen LogP contribution in [-0.4, -0.2) is 44.7 Å². The summed E-state index contributed by atoms with van der Waals surface area (Å²) in [4.78, 5) is 17.4. The Balaban J connectivity index is 2.13. The molecule has 5 nitrogen and oxygen atoms in total. The second-order valence-electron chi connectivity index (χ2n) is 3.58. The Morgan fingerprint density at radius 3 is 3.00 bits per heavy atom. The molecular formula is C9H13N3O2. The lowest BCUT2D eigenvalue weighted by Crippen LogP contribution is -2.30. The van der Waals surface area contributed by atoms with E-state index in [1.54, 1.807) is 29.0 Å². The van der Waals surface area contributed by atoms with Crippen molar-refractivity contribution < 1.29 is 9.90 Å². The summed E-state index contributed by atoms with van der Waals surface area (Å²) < 4.78 is 1.69. The van der Waals surface area contributed by atoms with Gasteiger partial charge < -0.3 is 14.6 Å². The van der Waals surface area contributed by atoms with Gasteiger partial charge in [-0.05, 0) is 6.42 Å². The Hall–Kier alpha value is -1.36. The Morgan fingerprint density at radius 1 is 1.71 bits per heavy atom. The quantitative estimate of drug-likeness (QED) is 0.665. The molecule has 0 bridgehead atoms. The SMILES string of the molecule is Cn1cncc1C(=O)N1CCC(O)C1. The second kappa shape index (κ2) is 3.42. The van der Waals surface area contributed by atoms with Crippen LogP contribution in [0.2, 0.25) is 0 Å². The first-order valence-corrected chi connectivity index (χ1v) is 4.62. The van der Waals surface area contributed by atoms with Gasteiger partial charge in [-0.2, -0.15) is 0 Å². The Bertz CT molecular complexity index is 348. The minimum Gasteiger partial charge on any atom is -0.391 e. The molecule has 1 aromatic heterocycles. The van der Waals surface area contributed by atoms with Crippen molar-refractivity contribution in [1.29, 1.82) is 0 Å². The molecule has 0 radical (unpaired) electrons. The highest BCUT2D eigenvalue weighted by Gasteiger charge is 2.26. The first-order chi connectivity index (χ1) is 6.68. The van der Waals surface area contributed by atoms with Crippen molar-refractivity contribution in [3.8, 4) is 0 Å². The molecule has 1 amide bonds. The van der Waals surface area contributed by atoms with Gasteiger partial charge in [0.1, 0.15) is 5.69 Å². The van der Waals surface area contributed by atoms with Crippen molar-refractivity contribution in [1.82, 2.24) is 14.5 Å². The number of carbonyl (C=O) groups excluding carboxylic acids is 1. The number of hydrogen-bond acceptors (Lipinski definition) is 3. The highest BCUT2D eigenvalue weighted by molar-refractivity contribution is 5.92. The fourth-order valence-electron chi connectivity index (χ4n) is 1.65. The number of rotatable bonds is 1. The van der Waals surface area contributed by atoms with Crippen molar-refractivity contribution in [2.75, 3.05) is 13.1 Å². The number of likely N-dealkylation sites (tertiary alicyclic amines) is 1. The molecule has 14 heavy (non-hydrogen) atoms. The summed E-state index contributed by atoms with van der Waals surface area (Å²) in [6.45, 7) is 1.06. The van der Waals surface area contributed by atoms with Gasteiger partial charge in [0.2, 0.25) is 0 Å². The first-order valence-electron chi connectivity index (χ1n) is 4.62. The van der Waals surface area contributed by atoms with E-state index in [4.69, 9.17) is 0 Å². The van der Waals surface area contributed by atoms with Crippen LogP contribution < -0.4 is 0 Å². The van der Waals surface area contributed by atoms with E-state index in [0.717, 1.165) is 0 Å². The van der Waals surface area contributed by atoms with E-state index in [0.29, 0.717) is 25.2 Å². The van der Waals surface area contributed by atoms with Crippen molar-refractivity contribution in [2.45, 2.75) is 12.5 Å². The van der Waals surface area contributed by atoms with Crippen LogP contribution in [-0.2, 0) is 7.05 Å². The largest absolute Gasteiger partial charge is 0.391 e. The maximum atomic E-state index is 11.8. The molecule has 1 unspecified atom stereocenters. The van der Waals surface area contributed by atoms with Gasteiger partial charge in [0.25, 0.3) is 5.91 Å². The highest BCUT2D eigenvalue weighted by Crippen LogP contribution is 2.12. The number of aryl methyl sites for hydroxylation is 1. The molecule has 1 saturated heterocycles. The number of aliphatic hydroxyl groups is 1. The van der Waals surface area contributed by atoms with Gasteiger partial charge in [-0.1, -0.05) is 0 Å². The van der Waals surface area contributed by atoms with Gasteiger partial charge in [0.15, 0.2) is 0 Å². The van der Waals surface area contributed by atoms with Gasteiger partial charge >= 0.3 is 0 Å². The lowest BCUT2D eigenvalue weighted by molar-refractivity contribution is 0.0755. The maximum Gasteiger partial charge on any atom is 0.272 e. The fourth-order valence-corrected chi connectivity index (χ4v) is 1.65. The zero-order valence-electron chi connectivity index (χ0n) is 8.05. The van der Waals surface area contributed by atoms with Crippen molar-refractivity contribution in [3.05, 3.63) is 18.2 Å². The minimum absolute atomic E-state index is 0.0541. The summed E-state index contributed by atoms with van der Waals surface area (Å²) in [7, 11) is 1.78. The van der Waals surface area contributed by atoms with Gasteiger partial charge in [-0.15, -0.1) is 0 Å². The predicted octanol–water partition coefficient (Wildman–Crippen LogP) is -0.373. The van der Waals surface area contributed by atoms with Crippen LogP contribution in [0, 0.1) is 0 Å². The summed E-state index contributed by atoms with van der Waals surface area (Å²) in [6, 6.07) is 0. The molecular weight excluding hydrogens is 182 g/mol. The van der Waals surface area contributed by atoms with Gasteiger partial charge in [-0.25, -0.2) is 4.98 Å². The van der Waals surface area contributed by atoms with E-state index < -0.39 is 0 Å². The van der Waals surface area contributed by atoms with E-state index in [1.807, 2.05) is 0 Å². The number of aliphatic hydroxyl groups excluding tert-OH is 1. The average molecular weight is 195 g/mol. The molecule has 1 aliphatic heterocycles. The number of nitrogens with zero attached hydrogens (tertiary/aromatic N) is 3. The summed E-state index contributed by atoms with van der Waals surface area (Å²) in [5.41, 5.74) is 0.569. The Morgan fingerprint density at radius 2 is 2.50 bits per heavy atom. The molecule has 0 aliphatic carbocycles. The first kappa shape index (κ1) is 9.21. The number of carbonyl (C=O) groups is 1. The Kier molecular flexibility index (Phi) is 2.25. The zero-order valence-corrected chi connectivity index (χ0v) is 8.05. The van der Waals surface area contributed by atoms with E-state index in [-0.39, 0.29) is 12.0 Å². The van der Waals surface area contributed by atoms with Crippen LogP contribution in [0.15, 0.2) is 12.5 Å². The third-order valence-corrected chi connectivity index (χ3v) is 2.49. The predicted molar refractivity (Wildman–Crippen MR) is 49.7 cm³/mol. The molecule has 1 fully saturated rings. The smallest absolute Gasteiger partial charge is 0.272 e. The molecule has 2 heterocycles. The van der Waals surface area contributed by atoms with E-state index in [1.165, 1.54) is 0 Å². The van der Waals surface area contributed by atoms with Crippen molar-refractivity contribution >= 4 is 5.91 Å². The summed E-state index contributed by atoms with van der Waals surface area (Å²) in [6.07, 6.45) is 3.45. The number of imidazole rings is 1. The van der Waals surface area contributed by atoms with Crippen molar-refractivity contribution in [2.24, 2.45) is 7.05 Å². The summed E-state index contributed by atoms with van der Waals surface area (Å²) in [5, 5.41) is 9.30. The molecule has 0 aromatic carbocycles. The number of aromatic nitrogens is 2. The molecule has 5 heteroatoms. The number of hydrogen-bond donors (Lipinski definition) is 1. The van der Waals surface area contributed by atoms with Crippen LogP contribution in [0.4, 0.5) is 0 Å². The number of β-amino-alcohol motifs (C(OH)–C–C–N with tert-alkyl or cyclic N) is 1. The summed E-state index contributed by atoms with van der Waals surface area (Å²) >= 11 is 0. The van der Waals surface area contributed by atoms with Gasteiger partial charge in [-0.3, -0.25) is 4.79 Å². The third kappa shape index (κ3) is 1.50. The van der Waals surface area contributed by atoms with Crippen LogP contribution in [0.3, 0.4) is 0 Å². The topological polar surface area (TPSA) is 58.4 Å². The average Bonchev–Trinajstić information content (AvgIpc) is 2.73. The lowest BCUT2D eigenvalue weighted by Gasteiger charge is -2.15. The molecule has 2 rings (SSSR count). The van der Waals surface area contributed by atoms with E-state index >= 15 is 0 Å². The normalized spacial score (nSPS) is 21.6. The molecule has 0 saturated carbocycles. The fraction of sp³-hybridized carbons (Fsp3) is 0.556. The molecule has 1 atom stereocenters. The standard InChI is InChI=1S/C9H13N3O2/c1-11-6-10-4-8(11)9(14)12-3-2-7(13)5-12/h4,6-7,13H,2-3,5H2,1H3. The molecule has 1 aliphatic rings. The molecule has 76 valence electrons. The van der Waals surface area contributed by atoms with Crippen LogP contribution in [0.5, 0.6) is 0 Å². The maximum absolute atomic E-state index is 11.8. The molecule has 1 aromatic rings. The number of amides is 1. The third-order valence-electron chi connectivity index (χ3n) is 2.49. The molecule has 0 spiro atoms. The highest BCUT2D eigenvalue weighted by atomic mass is 16.3. The van der Waals surface area contributed by atoms with Crippen LogP contribution in [0.1, 0.15) is 16.9 Å². The Labute approximate surface area is 82.0 Å². The van der Waals surface area contributed by atoms with Crippen LogP contribution in [0.25, 0.3) is 0 Å². The van der Waals surface area contributed by atoms with E-state index in [9.17, 15) is 9.90 Å². The summed E-state index contributed by atoms with van der Waals surface area (Å²) in [5.74, 6) is -0.0541.